The van der Waals surface area contributed by atoms with Crippen molar-refractivity contribution >= 4 is 49.5 Å². The number of hydrogen-bond acceptors (Lipinski definition) is 4. The van der Waals surface area contributed by atoms with Gasteiger partial charge in [-0.2, -0.15) is 0 Å². The summed E-state index contributed by atoms with van der Waals surface area (Å²) in [6, 6.07) is 0. The Kier molecular flexibility index (Phi) is 9.30. The molecule has 1 rings (SSSR count). The minimum atomic E-state index is 1.36. The second-order valence-electron chi connectivity index (χ2n) is 1.07. The molecule has 0 nitrogen and oxygen atoms in total. The highest BCUT2D eigenvalue weighted by atomic mass is 33.5. The predicted octanol–water partition coefficient (Wildman–Crippen LogP) is 3.04. The number of thiocarbonyl (C=S) groups is 1. The van der Waals surface area contributed by atoms with Gasteiger partial charge in [0.05, 0.1) is 0 Å². The molecular formula is C4H8S4. The Morgan fingerprint density at radius 2 is 1.62 bits per heavy atom. The zero-order valence-electron chi connectivity index (χ0n) is 4.46. The van der Waals surface area contributed by atoms with Crippen LogP contribution in [0.1, 0.15) is 6.42 Å². The minimum absolute atomic E-state index is 1.36. The Morgan fingerprint density at radius 1 is 1.12 bits per heavy atom. The monoisotopic (exact) mass is 184 g/mol. The van der Waals surface area contributed by atoms with Crippen molar-refractivity contribution in [3.8, 4) is 0 Å². The molecule has 0 N–H and O–H groups in total. The van der Waals surface area contributed by atoms with Crippen molar-refractivity contribution < 1.29 is 0 Å². The highest BCUT2D eigenvalue weighted by Gasteiger charge is 1.97. The normalized spacial score (nSPS) is 18.5. The Balaban J connectivity index is 0.000000222. The second kappa shape index (κ2) is 8.14. The predicted molar refractivity (Wildman–Crippen MR) is 51.8 cm³/mol. The molecule has 0 aromatic carbocycles. The molecule has 1 heterocycles. The molecule has 0 amide bonds. The molecule has 8 heavy (non-hydrogen) atoms. The summed E-state index contributed by atoms with van der Waals surface area (Å²) in [5.41, 5.74) is 0. The third-order valence-corrected chi connectivity index (χ3v) is 4.96. The molecule has 0 bridgehead atoms. The smallest absolute Gasteiger partial charge is 0.00533 e. The third-order valence-electron chi connectivity index (χ3n) is 0.552. The van der Waals surface area contributed by atoms with Gasteiger partial charge in [0, 0.05) is 11.5 Å². The van der Waals surface area contributed by atoms with Crippen molar-refractivity contribution in [2.75, 3.05) is 11.5 Å². The standard InChI is InChI=1S/C3H6S3.CH2S/c1-2-4-6-5-3-1;1-2/h1-3H2;1H2. The molecule has 0 aromatic rings. The van der Waals surface area contributed by atoms with Crippen LogP contribution in [0.3, 0.4) is 0 Å². The topological polar surface area (TPSA) is 0 Å². The van der Waals surface area contributed by atoms with Crippen molar-refractivity contribution in [2.45, 2.75) is 6.42 Å². The maximum Gasteiger partial charge on any atom is 0.00533 e. The molecule has 0 spiro atoms. The van der Waals surface area contributed by atoms with Crippen LogP contribution in [-0.4, -0.2) is 17.4 Å². The molecule has 1 fully saturated rings. The molecular weight excluding hydrogens is 176 g/mol. The van der Waals surface area contributed by atoms with Gasteiger partial charge in [-0.15, -0.1) is 0 Å². The van der Waals surface area contributed by atoms with Crippen LogP contribution >= 0.6 is 43.6 Å². The first-order chi connectivity index (χ1) is 4.00. The Bertz CT molecular complexity index is 31.8. The zero-order chi connectivity index (χ0) is 6.24. The maximum atomic E-state index is 3.83. The summed E-state index contributed by atoms with van der Waals surface area (Å²) in [7, 11) is 5.88. The Hall–Kier alpha value is 1.14. The number of rotatable bonds is 0. The average molecular weight is 184 g/mol. The van der Waals surface area contributed by atoms with Gasteiger partial charge >= 0.3 is 0 Å². The zero-order valence-corrected chi connectivity index (χ0v) is 7.73. The Morgan fingerprint density at radius 3 is 1.75 bits per heavy atom. The first kappa shape index (κ1) is 9.14. The first-order valence-corrected chi connectivity index (χ1v) is 6.60. The van der Waals surface area contributed by atoms with Crippen molar-refractivity contribution in [3.63, 3.8) is 0 Å². The van der Waals surface area contributed by atoms with Crippen molar-refractivity contribution in [1.82, 2.24) is 0 Å². The molecule has 4 heteroatoms. The lowest BCUT2D eigenvalue weighted by atomic mass is 10.6. The van der Waals surface area contributed by atoms with E-state index in [9.17, 15) is 0 Å². The molecule has 0 radical (unpaired) electrons. The summed E-state index contributed by atoms with van der Waals surface area (Å²) >= 11 is 3.83. The van der Waals surface area contributed by atoms with Gasteiger partial charge in [0.25, 0.3) is 0 Å². The highest BCUT2D eigenvalue weighted by molar-refractivity contribution is 9.09. The molecule has 1 saturated heterocycles. The largest absolute Gasteiger partial charge is 0.0973 e. The lowest BCUT2D eigenvalue weighted by Crippen LogP contribution is -1.82. The van der Waals surface area contributed by atoms with Crippen molar-refractivity contribution in [3.05, 3.63) is 0 Å². The van der Waals surface area contributed by atoms with Crippen LogP contribution in [0.2, 0.25) is 0 Å². The molecule has 0 aliphatic carbocycles. The molecule has 0 aromatic heterocycles. The third kappa shape index (κ3) is 5.28. The lowest BCUT2D eigenvalue weighted by molar-refractivity contribution is 1.13. The Labute approximate surface area is 67.4 Å². The van der Waals surface area contributed by atoms with Crippen LogP contribution in [0.25, 0.3) is 0 Å². The van der Waals surface area contributed by atoms with Gasteiger partial charge in [0.2, 0.25) is 0 Å². The number of hydrogen-bond donors (Lipinski definition) is 0. The van der Waals surface area contributed by atoms with E-state index in [1.165, 1.54) is 17.9 Å². The average Bonchev–Trinajstić information content (AvgIpc) is 1.96. The lowest BCUT2D eigenvalue weighted by Gasteiger charge is -2.04. The van der Waals surface area contributed by atoms with Crippen molar-refractivity contribution in [2.24, 2.45) is 0 Å². The van der Waals surface area contributed by atoms with Gasteiger partial charge in [0.15, 0.2) is 0 Å². The molecule has 1 aliphatic rings. The van der Waals surface area contributed by atoms with E-state index in [2.05, 4.69) is 18.1 Å². The van der Waals surface area contributed by atoms with E-state index in [1.54, 1.807) is 0 Å². The van der Waals surface area contributed by atoms with Crippen LogP contribution < -0.4 is 0 Å². The summed E-state index contributed by atoms with van der Waals surface area (Å²) < 4.78 is 0. The van der Waals surface area contributed by atoms with Gasteiger partial charge in [-0.25, -0.2) is 0 Å². The SMILES string of the molecule is C1CSSSC1.C=S. The molecule has 1 aliphatic heterocycles. The fraction of sp³-hybridized carbons (Fsp3) is 0.750. The summed E-state index contributed by atoms with van der Waals surface area (Å²) in [6.45, 7) is 0. The van der Waals surface area contributed by atoms with Gasteiger partial charge < -0.3 is 0 Å². The van der Waals surface area contributed by atoms with E-state index in [0.717, 1.165) is 0 Å². The van der Waals surface area contributed by atoms with Crippen molar-refractivity contribution in [1.29, 1.82) is 0 Å². The first-order valence-electron chi connectivity index (χ1n) is 2.20. The quantitative estimate of drug-likeness (QED) is 0.419. The summed E-state index contributed by atoms with van der Waals surface area (Å²) in [5.74, 6) is 5.55. The summed E-state index contributed by atoms with van der Waals surface area (Å²) in [4.78, 5) is 0. The van der Waals surface area contributed by atoms with E-state index in [1.807, 2.05) is 31.4 Å². The van der Waals surface area contributed by atoms with Crippen LogP contribution in [0.4, 0.5) is 0 Å². The fourth-order valence-corrected chi connectivity index (χ4v) is 4.35. The van der Waals surface area contributed by atoms with E-state index in [0.29, 0.717) is 0 Å². The van der Waals surface area contributed by atoms with E-state index in [4.69, 9.17) is 0 Å². The van der Waals surface area contributed by atoms with Crippen LogP contribution in [0.5, 0.6) is 0 Å². The summed E-state index contributed by atoms with van der Waals surface area (Å²) in [6.07, 6.45) is 1.41. The highest BCUT2D eigenvalue weighted by Crippen LogP contribution is 2.39. The maximum absolute atomic E-state index is 3.83. The molecule has 0 unspecified atom stereocenters. The van der Waals surface area contributed by atoms with E-state index >= 15 is 0 Å². The fourth-order valence-electron chi connectivity index (χ4n) is 0.279. The van der Waals surface area contributed by atoms with E-state index < -0.39 is 0 Å². The van der Waals surface area contributed by atoms with Gasteiger partial charge in [-0.1, -0.05) is 33.8 Å². The van der Waals surface area contributed by atoms with E-state index in [-0.39, 0.29) is 0 Å². The second-order valence-corrected chi connectivity index (χ2v) is 5.54. The molecule has 0 atom stereocenters. The van der Waals surface area contributed by atoms with Crippen LogP contribution in [0.15, 0.2) is 0 Å². The molecule has 48 valence electrons. The van der Waals surface area contributed by atoms with Crippen LogP contribution in [-0.2, 0) is 0 Å². The summed E-state index contributed by atoms with van der Waals surface area (Å²) in [5, 5.41) is 0. The minimum Gasteiger partial charge on any atom is -0.0973 e. The van der Waals surface area contributed by atoms with Crippen LogP contribution in [0, 0.1) is 0 Å². The molecule has 0 saturated carbocycles. The van der Waals surface area contributed by atoms with Gasteiger partial charge in [-0.3, -0.25) is 0 Å². The van der Waals surface area contributed by atoms with Gasteiger partial charge in [0.1, 0.15) is 0 Å². The van der Waals surface area contributed by atoms with Gasteiger partial charge in [-0.05, 0) is 22.1 Å².